The van der Waals surface area contributed by atoms with E-state index >= 15 is 0 Å². The highest BCUT2D eigenvalue weighted by Gasteiger charge is 2.35. The van der Waals surface area contributed by atoms with Crippen molar-refractivity contribution in [3.63, 3.8) is 0 Å². The number of aromatic nitrogens is 2. The first kappa shape index (κ1) is 14.6. The van der Waals surface area contributed by atoms with Gasteiger partial charge in [-0.05, 0) is 37.1 Å². The molecular weight excluding hydrogens is 306 g/mol. The Morgan fingerprint density at radius 2 is 2.14 bits per heavy atom. The molecule has 1 aliphatic rings. The Kier molecular flexibility index (Phi) is 3.85. The van der Waals surface area contributed by atoms with Crippen LogP contribution >= 0.6 is 11.6 Å². The summed E-state index contributed by atoms with van der Waals surface area (Å²) in [4.78, 5) is 24.7. The molecule has 2 aromatic rings. The number of carboxylic acid groups (broad SMARTS) is 1. The zero-order valence-corrected chi connectivity index (χ0v) is 12.4. The van der Waals surface area contributed by atoms with Crippen LogP contribution in [0, 0.1) is 0 Å². The summed E-state index contributed by atoms with van der Waals surface area (Å²) >= 11 is 5.94. The summed E-state index contributed by atoms with van der Waals surface area (Å²) in [5, 5.41) is 13.7. The van der Waals surface area contributed by atoms with Gasteiger partial charge in [0.2, 0.25) is 0 Å². The summed E-state index contributed by atoms with van der Waals surface area (Å²) in [6.45, 7) is -0.298. The second-order valence-electron chi connectivity index (χ2n) is 5.18. The molecule has 0 unspecified atom stereocenters. The smallest absolute Gasteiger partial charge is 0.323 e. The van der Waals surface area contributed by atoms with E-state index in [2.05, 4.69) is 5.10 Å². The first-order valence-corrected chi connectivity index (χ1v) is 7.27. The van der Waals surface area contributed by atoms with Crippen LogP contribution in [0.25, 0.3) is 5.69 Å². The van der Waals surface area contributed by atoms with Gasteiger partial charge in [-0.25, -0.2) is 4.68 Å². The van der Waals surface area contributed by atoms with Gasteiger partial charge in [0.05, 0.1) is 5.69 Å². The van der Waals surface area contributed by atoms with Gasteiger partial charge in [0.15, 0.2) is 5.69 Å². The van der Waals surface area contributed by atoms with Crippen LogP contribution in [-0.4, -0.2) is 44.3 Å². The largest absolute Gasteiger partial charge is 0.480 e. The van der Waals surface area contributed by atoms with Gasteiger partial charge < -0.3 is 10.0 Å². The maximum absolute atomic E-state index is 12.4. The van der Waals surface area contributed by atoms with Crippen molar-refractivity contribution >= 4 is 23.5 Å². The van der Waals surface area contributed by atoms with Gasteiger partial charge in [-0.3, -0.25) is 9.59 Å². The van der Waals surface area contributed by atoms with Gasteiger partial charge in [-0.15, -0.1) is 0 Å². The molecular formula is C15H14ClN3O3. The van der Waals surface area contributed by atoms with Crippen LogP contribution < -0.4 is 0 Å². The van der Waals surface area contributed by atoms with Gasteiger partial charge in [0.25, 0.3) is 5.91 Å². The van der Waals surface area contributed by atoms with Crippen molar-refractivity contribution in [2.75, 3.05) is 6.54 Å². The minimum atomic E-state index is -1.02. The number of carboxylic acids is 1. The molecule has 6 nitrogen and oxygen atoms in total. The number of carbonyl (C=O) groups is 2. The fourth-order valence-corrected chi connectivity index (χ4v) is 2.43. The second kappa shape index (κ2) is 5.81. The van der Waals surface area contributed by atoms with E-state index in [0.29, 0.717) is 5.02 Å². The third-order valence-electron chi connectivity index (χ3n) is 3.44. The molecule has 114 valence electrons. The highest BCUT2D eigenvalue weighted by molar-refractivity contribution is 6.30. The topological polar surface area (TPSA) is 75.4 Å². The van der Waals surface area contributed by atoms with E-state index in [9.17, 15) is 9.59 Å². The molecule has 0 bridgehead atoms. The Labute approximate surface area is 131 Å². The highest BCUT2D eigenvalue weighted by Crippen LogP contribution is 2.28. The van der Waals surface area contributed by atoms with Crippen LogP contribution in [-0.2, 0) is 4.79 Å². The fourth-order valence-electron chi connectivity index (χ4n) is 2.25. The number of aliphatic carboxylic acids is 1. The number of carbonyl (C=O) groups excluding carboxylic acids is 1. The van der Waals surface area contributed by atoms with E-state index in [4.69, 9.17) is 16.7 Å². The molecule has 1 aliphatic carbocycles. The lowest BCUT2D eigenvalue weighted by molar-refractivity contribution is -0.137. The summed E-state index contributed by atoms with van der Waals surface area (Å²) in [6, 6.07) is 8.70. The fraction of sp³-hybridized carbons (Fsp3) is 0.267. The summed E-state index contributed by atoms with van der Waals surface area (Å²) in [7, 11) is 0. The molecule has 0 saturated heterocycles. The van der Waals surface area contributed by atoms with Crippen molar-refractivity contribution < 1.29 is 14.7 Å². The molecule has 0 aliphatic heterocycles. The molecule has 1 amide bonds. The molecule has 1 saturated carbocycles. The first-order valence-electron chi connectivity index (χ1n) is 6.89. The second-order valence-corrected chi connectivity index (χ2v) is 5.62. The summed E-state index contributed by atoms with van der Waals surface area (Å²) in [6.07, 6.45) is 3.34. The molecule has 0 atom stereocenters. The first-order chi connectivity index (χ1) is 10.5. The third kappa shape index (κ3) is 3.12. The summed E-state index contributed by atoms with van der Waals surface area (Å²) in [5.41, 5.74) is 0.968. The number of benzene rings is 1. The van der Waals surface area contributed by atoms with E-state index in [-0.39, 0.29) is 24.2 Å². The van der Waals surface area contributed by atoms with Crippen molar-refractivity contribution in [2.24, 2.45) is 0 Å². The van der Waals surface area contributed by atoms with Crippen molar-refractivity contribution in [3.8, 4) is 5.69 Å². The quantitative estimate of drug-likeness (QED) is 0.917. The van der Waals surface area contributed by atoms with Crippen molar-refractivity contribution in [2.45, 2.75) is 18.9 Å². The monoisotopic (exact) mass is 319 g/mol. The van der Waals surface area contributed by atoms with E-state index < -0.39 is 5.97 Å². The SMILES string of the molecule is O=C(O)CN(C(=O)c1ccn(-c2cccc(Cl)c2)n1)C1CC1. The Hall–Kier alpha value is -2.34. The zero-order valence-electron chi connectivity index (χ0n) is 11.6. The van der Waals surface area contributed by atoms with Crippen LogP contribution in [0.3, 0.4) is 0 Å². The highest BCUT2D eigenvalue weighted by atomic mass is 35.5. The molecule has 0 radical (unpaired) electrons. The maximum atomic E-state index is 12.4. The van der Waals surface area contributed by atoms with Crippen LogP contribution in [0.5, 0.6) is 0 Å². The van der Waals surface area contributed by atoms with Crippen LogP contribution in [0.15, 0.2) is 36.5 Å². The standard InChI is InChI=1S/C15H14ClN3O3/c16-10-2-1-3-12(8-10)19-7-6-13(17-19)15(22)18(9-14(20)21)11-4-5-11/h1-3,6-8,11H,4-5,9H2,(H,20,21). The van der Waals surface area contributed by atoms with E-state index in [1.807, 2.05) is 6.07 Å². The van der Waals surface area contributed by atoms with Gasteiger partial charge in [-0.2, -0.15) is 5.10 Å². The molecule has 7 heteroatoms. The molecule has 3 rings (SSSR count). The molecule has 1 aromatic heterocycles. The normalized spacial score (nSPS) is 13.9. The number of hydrogen-bond acceptors (Lipinski definition) is 3. The third-order valence-corrected chi connectivity index (χ3v) is 3.67. The molecule has 1 aromatic carbocycles. The Balaban J connectivity index is 1.83. The predicted molar refractivity (Wildman–Crippen MR) is 80.3 cm³/mol. The van der Waals surface area contributed by atoms with Crippen LogP contribution in [0.1, 0.15) is 23.3 Å². The van der Waals surface area contributed by atoms with Gasteiger partial charge in [0.1, 0.15) is 6.54 Å². The molecule has 22 heavy (non-hydrogen) atoms. The average Bonchev–Trinajstić information content (AvgIpc) is 3.20. The molecule has 0 spiro atoms. The maximum Gasteiger partial charge on any atom is 0.323 e. The van der Waals surface area contributed by atoms with Crippen molar-refractivity contribution in [1.29, 1.82) is 0 Å². The number of nitrogens with zero attached hydrogens (tertiary/aromatic N) is 3. The van der Waals surface area contributed by atoms with E-state index in [1.54, 1.807) is 35.1 Å². The Bertz CT molecular complexity index is 724. The molecule has 1 fully saturated rings. The minimum Gasteiger partial charge on any atom is -0.480 e. The molecule has 1 heterocycles. The number of hydrogen-bond donors (Lipinski definition) is 1. The Morgan fingerprint density at radius 3 is 2.77 bits per heavy atom. The van der Waals surface area contributed by atoms with Crippen molar-refractivity contribution in [1.82, 2.24) is 14.7 Å². The lowest BCUT2D eigenvalue weighted by atomic mass is 10.3. The minimum absolute atomic E-state index is 0.0138. The summed E-state index contributed by atoms with van der Waals surface area (Å²) < 4.78 is 1.55. The summed E-state index contributed by atoms with van der Waals surface area (Å²) in [5.74, 6) is -1.37. The van der Waals surface area contributed by atoms with Gasteiger partial charge in [-0.1, -0.05) is 17.7 Å². The average molecular weight is 320 g/mol. The lowest BCUT2D eigenvalue weighted by Gasteiger charge is -2.18. The Morgan fingerprint density at radius 1 is 1.36 bits per heavy atom. The van der Waals surface area contributed by atoms with Crippen LogP contribution in [0.2, 0.25) is 5.02 Å². The van der Waals surface area contributed by atoms with Gasteiger partial charge >= 0.3 is 5.97 Å². The van der Waals surface area contributed by atoms with Crippen molar-refractivity contribution in [3.05, 3.63) is 47.2 Å². The van der Waals surface area contributed by atoms with Crippen LogP contribution in [0.4, 0.5) is 0 Å². The van der Waals surface area contributed by atoms with Gasteiger partial charge in [0, 0.05) is 17.3 Å². The van der Waals surface area contributed by atoms with E-state index in [1.165, 1.54) is 4.90 Å². The number of amides is 1. The zero-order chi connectivity index (χ0) is 15.7. The lowest BCUT2D eigenvalue weighted by Crippen LogP contribution is -2.37. The van der Waals surface area contributed by atoms with E-state index in [0.717, 1.165) is 18.5 Å². The molecule has 1 N–H and O–H groups in total. The predicted octanol–water partition coefficient (Wildman–Crippen LogP) is 2.21. The number of rotatable bonds is 5. The number of halogens is 1.